The Morgan fingerprint density at radius 1 is 1.14 bits per heavy atom. The normalized spacial score (nSPS) is 19.9. The first-order chi connectivity index (χ1) is 9.97. The van der Waals surface area contributed by atoms with Gasteiger partial charge in [-0.25, -0.2) is 0 Å². The maximum absolute atomic E-state index is 6.17. The molecule has 2 aromatic carbocycles. The highest BCUT2D eigenvalue weighted by molar-refractivity contribution is 6.30. The Morgan fingerprint density at radius 3 is 2.71 bits per heavy atom. The van der Waals surface area contributed by atoms with Crippen molar-refractivity contribution in [2.45, 2.75) is 39.7 Å². The van der Waals surface area contributed by atoms with E-state index in [4.69, 9.17) is 11.6 Å². The zero-order chi connectivity index (χ0) is 15.0. The fourth-order valence-corrected chi connectivity index (χ4v) is 3.42. The van der Waals surface area contributed by atoms with E-state index in [2.05, 4.69) is 56.4 Å². The molecular formula is C19H22ClN. The lowest BCUT2D eigenvalue weighted by Gasteiger charge is -2.41. The van der Waals surface area contributed by atoms with Gasteiger partial charge in [0, 0.05) is 10.7 Å². The van der Waals surface area contributed by atoms with Gasteiger partial charge in [-0.2, -0.15) is 0 Å². The molecule has 1 N–H and O–H groups in total. The van der Waals surface area contributed by atoms with Gasteiger partial charge in [0.25, 0.3) is 0 Å². The minimum absolute atomic E-state index is 0.225. The van der Waals surface area contributed by atoms with Crippen molar-refractivity contribution in [1.82, 2.24) is 0 Å². The Morgan fingerprint density at radius 2 is 1.90 bits per heavy atom. The molecule has 0 fully saturated rings. The van der Waals surface area contributed by atoms with Gasteiger partial charge < -0.3 is 5.32 Å². The third-order valence-electron chi connectivity index (χ3n) is 4.69. The van der Waals surface area contributed by atoms with Crippen LogP contribution in [-0.2, 0) is 6.42 Å². The maximum Gasteiger partial charge on any atom is 0.0567 e. The van der Waals surface area contributed by atoms with Gasteiger partial charge >= 0.3 is 0 Å². The first kappa shape index (κ1) is 14.5. The van der Waals surface area contributed by atoms with Crippen LogP contribution in [0.4, 0.5) is 5.69 Å². The fourth-order valence-electron chi connectivity index (χ4n) is 3.24. The second-order valence-electron chi connectivity index (χ2n) is 6.72. The van der Waals surface area contributed by atoms with Crippen molar-refractivity contribution < 1.29 is 0 Å². The predicted octanol–water partition coefficient (Wildman–Crippen LogP) is 5.77. The monoisotopic (exact) mass is 299 g/mol. The first-order valence-corrected chi connectivity index (χ1v) is 7.96. The van der Waals surface area contributed by atoms with E-state index in [1.165, 1.54) is 23.1 Å². The number of benzene rings is 2. The van der Waals surface area contributed by atoms with Crippen molar-refractivity contribution in [3.05, 3.63) is 64.2 Å². The summed E-state index contributed by atoms with van der Waals surface area (Å²) in [6.07, 6.45) is 2.36. The SMILES string of the molecule is Cc1ccc(Cl)cc1NC1c2ccccc2CCC1(C)C. The first-order valence-electron chi connectivity index (χ1n) is 7.58. The van der Waals surface area contributed by atoms with Crippen molar-refractivity contribution in [2.75, 3.05) is 5.32 Å². The van der Waals surface area contributed by atoms with E-state index in [9.17, 15) is 0 Å². The summed E-state index contributed by atoms with van der Waals surface area (Å²) in [5, 5.41) is 4.53. The van der Waals surface area contributed by atoms with Crippen LogP contribution in [0, 0.1) is 12.3 Å². The molecule has 0 radical (unpaired) electrons. The van der Waals surface area contributed by atoms with Crippen molar-refractivity contribution in [1.29, 1.82) is 0 Å². The molecular weight excluding hydrogens is 278 g/mol. The number of rotatable bonds is 2. The average molecular weight is 300 g/mol. The van der Waals surface area contributed by atoms with E-state index in [0.29, 0.717) is 6.04 Å². The van der Waals surface area contributed by atoms with Crippen LogP contribution in [0.25, 0.3) is 0 Å². The highest BCUT2D eigenvalue weighted by atomic mass is 35.5. The van der Waals surface area contributed by atoms with Crippen LogP contribution in [-0.4, -0.2) is 0 Å². The van der Waals surface area contributed by atoms with Gasteiger partial charge in [0.05, 0.1) is 6.04 Å². The molecule has 2 heteroatoms. The Kier molecular flexibility index (Phi) is 3.71. The van der Waals surface area contributed by atoms with Gasteiger partial charge in [0.1, 0.15) is 0 Å². The Labute approximate surface area is 132 Å². The number of halogens is 1. The Bertz CT molecular complexity index is 660. The molecule has 0 saturated carbocycles. The summed E-state index contributed by atoms with van der Waals surface area (Å²) in [5.74, 6) is 0. The molecule has 1 aliphatic rings. The van der Waals surface area contributed by atoms with Gasteiger partial charge in [0.2, 0.25) is 0 Å². The number of anilines is 1. The van der Waals surface area contributed by atoms with Crippen molar-refractivity contribution in [2.24, 2.45) is 5.41 Å². The number of nitrogens with one attached hydrogen (secondary N) is 1. The molecule has 2 aromatic rings. The third kappa shape index (κ3) is 2.80. The second kappa shape index (κ2) is 5.38. The molecule has 0 bridgehead atoms. The van der Waals surface area contributed by atoms with Gasteiger partial charge in [-0.15, -0.1) is 0 Å². The molecule has 0 spiro atoms. The molecule has 0 aromatic heterocycles. The molecule has 1 atom stereocenters. The van der Waals surface area contributed by atoms with Crippen LogP contribution in [0.2, 0.25) is 5.02 Å². The van der Waals surface area contributed by atoms with Crippen LogP contribution in [0.15, 0.2) is 42.5 Å². The van der Waals surface area contributed by atoms with Crippen LogP contribution in [0.5, 0.6) is 0 Å². The van der Waals surface area contributed by atoms with Crippen LogP contribution < -0.4 is 5.32 Å². The van der Waals surface area contributed by atoms with E-state index in [-0.39, 0.29) is 5.41 Å². The average Bonchev–Trinajstić information content (AvgIpc) is 2.46. The quantitative estimate of drug-likeness (QED) is 0.742. The molecule has 0 aliphatic heterocycles. The third-order valence-corrected chi connectivity index (χ3v) is 4.92. The van der Waals surface area contributed by atoms with Crippen molar-refractivity contribution in [3.63, 3.8) is 0 Å². The summed E-state index contributed by atoms with van der Waals surface area (Å²) >= 11 is 6.17. The lowest BCUT2D eigenvalue weighted by atomic mass is 9.70. The van der Waals surface area contributed by atoms with E-state index in [1.807, 2.05) is 12.1 Å². The molecule has 0 amide bonds. The number of hydrogen-bond donors (Lipinski definition) is 1. The molecule has 1 unspecified atom stereocenters. The minimum Gasteiger partial charge on any atom is -0.377 e. The van der Waals surface area contributed by atoms with E-state index in [1.54, 1.807) is 0 Å². The standard InChI is InChI=1S/C19H22ClN/c1-13-8-9-15(20)12-17(13)21-18-16-7-5-4-6-14(16)10-11-19(18,2)3/h4-9,12,18,21H,10-11H2,1-3H3. The predicted molar refractivity (Wildman–Crippen MR) is 91.1 cm³/mol. The van der Waals surface area contributed by atoms with Crippen LogP contribution in [0.1, 0.15) is 43.0 Å². The summed E-state index contributed by atoms with van der Waals surface area (Å²) < 4.78 is 0. The summed E-state index contributed by atoms with van der Waals surface area (Å²) in [7, 11) is 0. The molecule has 1 aliphatic carbocycles. The van der Waals surface area contributed by atoms with Crippen molar-refractivity contribution in [3.8, 4) is 0 Å². The molecule has 21 heavy (non-hydrogen) atoms. The number of fused-ring (bicyclic) bond motifs is 1. The molecule has 110 valence electrons. The van der Waals surface area contributed by atoms with Crippen LogP contribution in [0.3, 0.4) is 0 Å². The summed E-state index contributed by atoms with van der Waals surface area (Å²) in [5.41, 5.74) is 5.49. The number of aryl methyl sites for hydroxylation is 2. The largest absolute Gasteiger partial charge is 0.377 e. The lowest BCUT2D eigenvalue weighted by molar-refractivity contribution is 0.265. The summed E-state index contributed by atoms with van der Waals surface area (Å²) in [4.78, 5) is 0. The van der Waals surface area contributed by atoms with Crippen LogP contribution >= 0.6 is 11.6 Å². The second-order valence-corrected chi connectivity index (χ2v) is 7.16. The zero-order valence-electron chi connectivity index (χ0n) is 12.9. The minimum atomic E-state index is 0.225. The number of hydrogen-bond acceptors (Lipinski definition) is 1. The van der Waals surface area contributed by atoms with E-state index < -0.39 is 0 Å². The maximum atomic E-state index is 6.17. The molecule has 3 rings (SSSR count). The summed E-state index contributed by atoms with van der Waals surface area (Å²) in [6.45, 7) is 6.82. The molecule has 0 saturated heterocycles. The molecule has 1 nitrogen and oxygen atoms in total. The Hall–Kier alpha value is -1.47. The lowest BCUT2D eigenvalue weighted by Crippen LogP contribution is -2.33. The molecule has 0 heterocycles. The zero-order valence-corrected chi connectivity index (χ0v) is 13.7. The highest BCUT2D eigenvalue weighted by Gasteiger charge is 2.35. The van der Waals surface area contributed by atoms with E-state index >= 15 is 0 Å². The highest BCUT2D eigenvalue weighted by Crippen LogP contribution is 2.45. The smallest absolute Gasteiger partial charge is 0.0567 e. The Balaban J connectivity index is 2.01. The van der Waals surface area contributed by atoms with Gasteiger partial charge in [-0.05, 0) is 54.0 Å². The van der Waals surface area contributed by atoms with Gasteiger partial charge in [0.15, 0.2) is 0 Å². The van der Waals surface area contributed by atoms with E-state index in [0.717, 1.165) is 17.1 Å². The van der Waals surface area contributed by atoms with Gasteiger partial charge in [-0.3, -0.25) is 0 Å². The van der Waals surface area contributed by atoms with Gasteiger partial charge in [-0.1, -0.05) is 55.8 Å². The fraction of sp³-hybridized carbons (Fsp3) is 0.368. The van der Waals surface area contributed by atoms with Crippen molar-refractivity contribution >= 4 is 17.3 Å². The topological polar surface area (TPSA) is 12.0 Å². The summed E-state index contributed by atoms with van der Waals surface area (Å²) in [6, 6.07) is 15.2.